The average Bonchev–Trinajstić information content (AvgIpc) is 2.68. The Labute approximate surface area is 136 Å². The molecule has 4 aliphatic rings. The third kappa shape index (κ3) is 1.75. The van der Waals surface area contributed by atoms with Crippen molar-refractivity contribution in [1.82, 2.24) is 0 Å². The van der Waals surface area contributed by atoms with Gasteiger partial charge in [-0.2, -0.15) is 0 Å². The summed E-state index contributed by atoms with van der Waals surface area (Å²) in [5.74, 6) is 2.01. The van der Waals surface area contributed by atoms with Gasteiger partial charge in [0.2, 0.25) is 0 Å². The van der Waals surface area contributed by atoms with Crippen molar-refractivity contribution in [3.8, 4) is 0 Å². The van der Waals surface area contributed by atoms with E-state index in [1.54, 1.807) is 0 Å². The minimum Gasteiger partial charge on any atom is -0.299 e. The third-order valence-corrected chi connectivity index (χ3v) is 9.29. The highest BCUT2D eigenvalue weighted by molar-refractivity contribution is 5.82. The monoisotopic (exact) mass is 302 g/mol. The highest BCUT2D eigenvalue weighted by atomic mass is 16.1. The largest absolute Gasteiger partial charge is 0.299 e. The summed E-state index contributed by atoms with van der Waals surface area (Å²) in [5, 5.41) is 0. The van der Waals surface area contributed by atoms with Gasteiger partial charge in [0.25, 0.3) is 0 Å². The van der Waals surface area contributed by atoms with Gasteiger partial charge < -0.3 is 0 Å². The summed E-state index contributed by atoms with van der Waals surface area (Å²) >= 11 is 0. The van der Waals surface area contributed by atoms with Gasteiger partial charge in [0, 0.05) is 5.41 Å². The number of Topliss-reactive ketones (excluding diaryl/α,β-unsaturated/α-hetero) is 1. The van der Waals surface area contributed by atoms with Crippen LogP contribution in [0.1, 0.15) is 91.9 Å². The highest BCUT2D eigenvalue weighted by Gasteiger charge is 2.65. The Hall–Kier alpha value is -0.330. The lowest BCUT2D eigenvalue weighted by Crippen LogP contribution is -2.58. The van der Waals surface area contributed by atoms with Gasteiger partial charge in [0.15, 0.2) is 0 Å². The molecule has 0 aliphatic heterocycles. The summed E-state index contributed by atoms with van der Waals surface area (Å²) in [6, 6.07) is 0. The van der Waals surface area contributed by atoms with Crippen molar-refractivity contribution >= 4 is 5.78 Å². The van der Waals surface area contributed by atoms with Gasteiger partial charge in [-0.25, -0.2) is 0 Å². The molecule has 4 fully saturated rings. The first-order valence-corrected chi connectivity index (χ1v) is 9.75. The Kier molecular flexibility index (Phi) is 3.04. The molecule has 0 aromatic rings. The standard InChI is InChI=1S/C21H34O/c1-15(22)19(3)8-5-9-20(4)16(19)7-11-21-13-12-18(2,14-21)10-6-17(20)21/h16-17H,5-14H2,1-4H3/t16-,17+,18-,19+,20-,21+/m1/s1. The van der Waals surface area contributed by atoms with Gasteiger partial charge in [0.1, 0.15) is 5.78 Å². The van der Waals surface area contributed by atoms with Crippen LogP contribution in [0.15, 0.2) is 0 Å². The van der Waals surface area contributed by atoms with Crippen LogP contribution in [0.2, 0.25) is 0 Å². The average molecular weight is 303 g/mol. The molecule has 1 spiro atoms. The van der Waals surface area contributed by atoms with Gasteiger partial charge >= 0.3 is 0 Å². The smallest absolute Gasteiger partial charge is 0.135 e. The van der Waals surface area contributed by atoms with E-state index in [-0.39, 0.29) is 5.41 Å². The highest BCUT2D eigenvalue weighted by Crippen LogP contribution is 2.73. The van der Waals surface area contributed by atoms with Crippen LogP contribution in [0.5, 0.6) is 0 Å². The predicted molar refractivity (Wildman–Crippen MR) is 90.6 cm³/mol. The molecule has 0 amide bonds. The maximum atomic E-state index is 12.5. The maximum absolute atomic E-state index is 12.5. The normalized spacial score (nSPS) is 57.1. The molecule has 0 unspecified atom stereocenters. The molecule has 0 saturated heterocycles. The number of hydrogen-bond donors (Lipinski definition) is 0. The molecule has 0 aromatic carbocycles. The molecule has 0 heterocycles. The van der Waals surface area contributed by atoms with Gasteiger partial charge in [0.05, 0.1) is 0 Å². The van der Waals surface area contributed by atoms with Crippen molar-refractivity contribution in [3.05, 3.63) is 0 Å². The lowest BCUT2D eigenvalue weighted by molar-refractivity contribution is -0.167. The number of fused-ring (bicyclic) bond motifs is 3. The van der Waals surface area contributed by atoms with Crippen molar-refractivity contribution in [3.63, 3.8) is 0 Å². The van der Waals surface area contributed by atoms with Crippen LogP contribution in [0, 0.1) is 33.5 Å². The maximum Gasteiger partial charge on any atom is 0.135 e. The predicted octanol–water partition coefficient (Wildman–Crippen LogP) is 5.77. The van der Waals surface area contributed by atoms with Crippen LogP contribution in [0.4, 0.5) is 0 Å². The molecular formula is C21H34O. The topological polar surface area (TPSA) is 17.1 Å². The molecule has 2 bridgehead atoms. The molecule has 4 aliphatic carbocycles. The number of hydrogen-bond acceptors (Lipinski definition) is 1. The molecule has 22 heavy (non-hydrogen) atoms. The van der Waals surface area contributed by atoms with Crippen LogP contribution >= 0.6 is 0 Å². The SMILES string of the molecule is CC(=O)[C@]1(C)CCC[C@@]2(C)[C@@H]3CC[C@]4(C)CC[C@@]3(CC[C@@H]21)C4. The quantitative estimate of drug-likeness (QED) is 0.601. The van der Waals surface area contributed by atoms with Crippen LogP contribution in [-0.4, -0.2) is 5.78 Å². The van der Waals surface area contributed by atoms with Crippen molar-refractivity contribution in [2.75, 3.05) is 0 Å². The first-order valence-electron chi connectivity index (χ1n) is 9.75. The second-order valence-electron chi connectivity index (χ2n) is 10.4. The molecule has 124 valence electrons. The molecule has 4 rings (SSSR count). The van der Waals surface area contributed by atoms with E-state index in [0.717, 1.165) is 12.3 Å². The van der Waals surface area contributed by atoms with Crippen LogP contribution in [0.25, 0.3) is 0 Å². The van der Waals surface area contributed by atoms with Crippen molar-refractivity contribution < 1.29 is 4.79 Å². The van der Waals surface area contributed by atoms with E-state index >= 15 is 0 Å². The molecule has 1 nitrogen and oxygen atoms in total. The molecular weight excluding hydrogens is 268 g/mol. The van der Waals surface area contributed by atoms with Gasteiger partial charge in [-0.3, -0.25) is 4.79 Å². The van der Waals surface area contributed by atoms with E-state index < -0.39 is 0 Å². The van der Waals surface area contributed by atoms with Crippen molar-refractivity contribution in [2.45, 2.75) is 91.9 Å². The molecule has 1 heteroatoms. The van der Waals surface area contributed by atoms with Crippen LogP contribution in [0.3, 0.4) is 0 Å². The lowest BCUT2D eigenvalue weighted by atomic mass is 9.40. The fourth-order valence-electron chi connectivity index (χ4n) is 8.14. The van der Waals surface area contributed by atoms with E-state index in [0.29, 0.717) is 27.9 Å². The Morgan fingerprint density at radius 3 is 2.32 bits per heavy atom. The van der Waals surface area contributed by atoms with E-state index in [9.17, 15) is 4.79 Å². The summed E-state index contributed by atoms with van der Waals surface area (Å²) in [5.41, 5.74) is 1.70. The first kappa shape index (κ1) is 15.2. The summed E-state index contributed by atoms with van der Waals surface area (Å²) in [6.07, 6.45) is 13.8. The zero-order valence-corrected chi connectivity index (χ0v) is 15.1. The molecule has 0 radical (unpaired) electrons. The van der Waals surface area contributed by atoms with Crippen molar-refractivity contribution in [2.24, 2.45) is 33.5 Å². The summed E-state index contributed by atoms with van der Waals surface area (Å²) < 4.78 is 0. The van der Waals surface area contributed by atoms with Crippen LogP contribution < -0.4 is 0 Å². The Balaban J connectivity index is 1.74. The fourth-order valence-corrected chi connectivity index (χ4v) is 8.14. The Morgan fingerprint density at radius 2 is 1.59 bits per heavy atom. The Bertz CT molecular complexity index is 510. The van der Waals surface area contributed by atoms with E-state index in [1.165, 1.54) is 57.8 Å². The minimum absolute atomic E-state index is 0.0338. The summed E-state index contributed by atoms with van der Waals surface area (Å²) in [7, 11) is 0. The van der Waals surface area contributed by atoms with Crippen molar-refractivity contribution in [1.29, 1.82) is 0 Å². The molecule has 4 saturated carbocycles. The lowest BCUT2D eigenvalue weighted by Gasteiger charge is -2.64. The van der Waals surface area contributed by atoms with E-state index in [1.807, 2.05) is 6.92 Å². The number of rotatable bonds is 1. The number of carbonyl (C=O) groups excluding carboxylic acids is 1. The minimum atomic E-state index is -0.0338. The summed E-state index contributed by atoms with van der Waals surface area (Å²) in [6.45, 7) is 9.30. The van der Waals surface area contributed by atoms with Gasteiger partial charge in [-0.15, -0.1) is 0 Å². The van der Waals surface area contributed by atoms with E-state index in [2.05, 4.69) is 20.8 Å². The van der Waals surface area contributed by atoms with Gasteiger partial charge in [-0.05, 0) is 92.8 Å². The van der Waals surface area contributed by atoms with Crippen LogP contribution in [-0.2, 0) is 4.79 Å². The third-order valence-electron chi connectivity index (χ3n) is 9.29. The number of ketones is 1. The molecule has 0 N–H and O–H groups in total. The zero-order chi connectivity index (χ0) is 15.8. The van der Waals surface area contributed by atoms with Gasteiger partial charge in [-0.1, -0.05) is 27.2 Å². The zero-order valence-electron chi connectivity index (χ0n) is 15.1. The second-order valence-corrected chi connectivity index (χ2v) is 10.4. The Morgan fingerprint density at radius 1 is 0.864 bits per heavy atom. The molecule has 0 aromatic heterocycles. The van der Waals surface area contributed by atoms with E-state index in [4.69, 9.17) is 0 Å². The molecule has 6 atom stereocenters. The summed E-state index contributed by atoms with van der Waals surface area (Å²) in [4.78, 5) is 12.5. The fraction of sp³-hybridized carbons (Fsp3) is 0.952. The number of carbonyl (C=O) groups is 1. The first-order chi connectivity index (χ1) is 10.2. The second kappa shape index (κ2) is 4.39.